The summed E-state index contributed by atoms with van der Waals surface area (Å²) in [5.74, 6) is -0.380. The summed E-state index contributed by atoms with van der Waals surface area (Å²) in [6.45, 7) is 5.87. The third-order valence-corrected chi connectivity index (χ3v) is 3.79. The zero-order valence-corrected chi connectivity index (χ0v) is 10.6. The fourth-order valence-electron chi connectivity index (χ4n) is 2.47. The van der Waals surface area contributed by atoms with Crippen LogP contribution in [0.5, 0.6) is 0 Å². The van der Waals surface area contributed by atoms with Crippen molar-refractivity contribution in [1.29, 1.82) is 0 Å². The first-order chi connectivity index (χ1) is 8.00. The third-order valence-electron chi connectivity index (χ3n) is 3.79. The van der Waals surface area contributed by atoms with Crippen LogP contribution in [-0.4, -0.2) is 47.9 Å². The van der Waals surface area contributed by atoms with Gasteiger partial charge < -0.3 is 5.32 Å². The molecule has 0 spiro atoms. The Balaban J connectivity index is 2.01. The Kier molecular flexibility index (Phi) is 3.49. The molecule has 96 valence electrons. The topological polar surface area (TPSA) is 61.4 Å². The monoisotopic (exact) mass is 239 g/mol. The van der Waals surface area contributed by atoms with Gasteiger partial charge in [0.1, 0.15) is 0 Å². The molecule has 1 unspecified atom stereocenters. The van der Waals surface area contributed by atoms with Gasteiger partial charge in [0.05, 0.1) is 12.1 Å². The molecule has 2 saturated heterocycles. The molecule has 0 aromatic rings. The first-order valence-electron chi connectivity index (χ1n) is 6.33. The number of amides is 2. The molecule has 2 heterocycles. The van der Waals surface area contributed by atoms with Gasteiger partial charge in [-0.3, -0.25) is 19.8 Å². The van der Waals surface area contributed by atoms with Gasteiger partial charge in [0, 0.05) is 12.6 Å². The van der Waals surface area contributed by atoms with E-state index in [1.807, 2.05) is 18.7 Å². The lowest BCUT2D eigenvalue weighted by molar-refractivity contribution is -0.145. The van der Waals surface area contributed by atoms with Gasteiger partial charge >= 0.3 is 0 Å². The number of carbonyl (C=O) groups is 2. The van der Waals surface area contributed by atoms with E-state index in [9.17, 15) is 9.59 Å². The van der Waals surface area contributed by atoms with E-state index in [2.05, 4.69) is 10.6 Å². The Hall–Kier alpha value is -0.940. The maximum absolute atomic E-state index is 11.8. The van der Waals surface area contributed by atoms with E-state index in [-0.39, 0.29) is 11.8 Å². The van der Waals surface area contributed by atoms with Crippen LogP contribution in [0.15, 0.2) is 0 Å². The molecule has 0 aromatic heterocycles. The van der Waals surface area contributed by atoms with Crippen molar-refractivity contribution in [2.24, 2.45) is 0 Å². The van der Waals surface area contributed by atoms with E-state index in [0.29, 0.717) is 12.6 Å². The molecule has 2 aliphatic heterocycles. The molecule has 2 rings (SSSR count). The predicted molar refractivity (Wildman–Crippen MR) is 64.4 cm³/mol. The Labute approximate surface area is 102 Å². The zero-order valence-electron chi connectivity index (χ0n) is 10.6. The average Bonchev–Trinajstić information content (AvgIpc) is 2.27. The van der Waals surface area contributed by atoms with E-state index in [1.165, 1.54) is 12.8 Å². The molecular formula is C12H21N3O2. The molecule has 0 radical (unpaired) electrons. The van der Waals surface area contributed by atoms with Gasteiger partial charge in [0.2, 0.25) is 11.8 Å². The fourth-order valence-corrected chi connectivity index (χ4v) is 2.47. The van der Waals surface area contributed by atoms with Crippen molar-refractivity contribution in [2.75, 3.05) is 19.6 Å². The number of piperidine rings is 1. The van der Waals surface area contributed by atoms with E-state index < -0.39 is 5.54 Å². The highest BCUT2D eigenvalue weighted by Crippen LogP contribution is 2.20. The number of hydrogen-bond acceptors (Lipinski definition) is 4. The van der Waals surface area contributed by atoms with Crippen LogP contribution in [0, 0.1) is 0 Å². The fraction of sp³-hybridized carbons (Fsp3) is 0.833. The van der Waals surface area contributed by atoms with E-state index in [4.69, 9.17) is 0 Å². The van der Waals surface area contributed by atoms with Crippen LogP contribution in [0.2, 0.25) is 0 Å². The van der Waals surface area contributed by atoms with Crippen molar-refractivity contribution in [2.45, 2.75) is 44.7 Å². The number of hydrogen-bond donors (Lipinski definition) is 2. The normalized spacial score (nSPS) is 30.1. The quantitative estimate of drug-likeness (QED) is 0.659. The van der Waals surface area contributed by atoms with Crippen molar-refractivity contribution >= 4 is 11.8 Å². The summed E-state index contributed by atoms with van der Waals surface area (Å²) in [7, 11) is 0. The van der Waals surface area contributed by atoms with Crippen LogP contribution in [0.25, 0.3) is 0 Å². The van der Waals surface area contributed by atoms with E-state index in [0.717, 1.165) is 19.5 Å². The van der Waals surface area contributed by atoms with Crippen molar-refractivity contribution < 1.29 is 9.59 Å². The highest BCUT2D eigenvalue weighted by atomic mass is 16.2. The van der Waals surface area contributed by atoms with Crippen molar-refractivity contribution in [1.82, 2.24) is 15.5 Å². The van der Waals surface area contributed by atoms with Crippen molar-refractivity contribution in [3.05, 3.63) is 0 Å². The minimum Gasteiger partial charge on any atom is -0.313 e. The second-order valence-electron chi connectivity index (χ2n) is 5.46. The molecule has 1 atom stereocenters. The summed E-state index contributed by atoms with van der Waals surface area (Å²) in [6, 6.07) is 0.404. The van der Waals surface area contributed by atoms with Crippen LogP contribution in [-0.2, 0) is 9.59 Å². The van der Waals surface area contributed by atoms with Gasteiger partial charge in [0.25, 0.3) is 0 Å². The second-order valence-corrected chi connectivity index (χ2v) is 5.46. The summed E-state index contributed by atoms with van der Waals surface area (Å²) in [5.41, 5.74) is -0.590. The zero-order chi connectivity index (χ0) is 12.5. The van der Waals surface area contributed by atoms with Gasteiger partial charge in [-0.1, -0.05) is 6.42 Å². The Bertz CT molecular complexity index is 322. The number of carbonyl (C=O) groups excluding carboxylic acids is 2. The average molecular weight is 239 g/mol. The van der Waals surface area contributed by atoms with Crippen molar-refractivity contribution in [3.8, 4) is 0 Å². The summed E-state index contributed by atoms with van der Waals surface area (Å²) in [4.78, 5) is 25.2. The Morgan fingerprint density at radius 3 is 2.76 bits per heavy atom. The standard InChI is InChI=1S/C12H21N3O2/c1-12(2)11(17)14-10(16)8-15(12)7-9-5-3-4-6-13-9/h9,13H,3-8H2,1-2H3,(H,14,16,17). The highest BCUT2D eigenvalue weighted by Gasteiger charge is 2.41. The number of rotatable bonds is 2. The van der Waals surface area contributed by atoms with Crippen LogP contribution in [0.3, 0.4) is 0 Å². The minimum atomic E-state index is -0.590. The largest absolute Gasteiger partial charge is 0.313 e. The first kappa shape index (κ1) is 12.5. The maximum Gasteiger partial charge on any atom is 0.246 e. The van der Waals surface area contributed by atoms with Gasteiger partial charge in [-0.15, -0.1) is 0 Å². The number of nitrogens with one attached hydrogen (secondary N) is 2. The molecule has 0 bridgehead atoms. The smallest absolute Gasteiger partial charge is 0.246 e. The van der Waals surface area contributed by atoms with E-state index in [1.54, 1.807) is 0 Å². The molecule has 0 saturated carbocycles. The molecule has 2 aliphatic rings. The minimum absolute atomic E-state index is 0.190. The van der Waals surface area contributed by atoms with Gasteiger partial charge in [-0.05, 0) is 33.2 Å². The highest BCUT2D eigenvalue weighted by molar-refractivity contribution is 6.02. The molecule has 5 heteroatoms. The molecule has 2 amide bonds. The molecule has 0 aliphatic carbocycles. The van der Waals surface area contributed by atoms with Gasteiger partial charge in [0.15, 0.2) is 0 Å². The number of nitrogens with zero attached hydrogens (tertiary/aromatic N) is 1. The summed E-state index contributed by atoms with van der Waals surface area (Å²) in [5, 5.41) is 5.85. The van der Waals surface area contributed by atoms with Gasteiger partial charge in [-0.2, -0.15) is 0 Å². The second kappa shape index (κ2) is 4.74. The van der Waals surface area contributed by atoms with Crippen LogP contribution in [0.4, 0.5) is 0 Å². The molecule has 5 nitrogen and oxygen atoms in total. The lowest BCUT2D eigenvalue weighted by atomic mass is 9.96. The molecule has 2 fully saturated rings. The van der Waals surface area contributed by atoms with E-state index >= 15 is 0 Å². The maximum atomic E-state index is 11.8. The molecular weight excluding hydrogens is 218 g/mol. The lowest BCUT2D eigenvalue weighted by Crippen LogP contribution is -2.65. The molecule has 2 N–H and O–H groups in total. The molecule has 17 heavy (non-hydrogen) atoms. The summed E-state index contributed by atoms with van der Waals surface area (Å²) < 4.78 is 0. The first-order valence-corrected chi connectivity index (χ1v) is 6.33. The van der Waals surface area contributed by atoms with Gasteiger partial charge in [-0.25, -0.2) is 0 Å². The summed E-state index contributed by atoms with van der Waals surface area (Å²) >= 11 is 0. The Morgan fingerprint density at radius 2 is 2.12 bits per heavy atom. The van der Waals surface area contributed by atoms with Crippen LogP contribution in [0.1, 0.15) is 33.1 Å². The molecule has 0 aromatic carbocycles. The predicted octanol–water partition coefficient (Wildman–Crippen LogP) is -0.134. The van der Waals surface area contributed by atoms with Crippen LogP contribution < -0.4 is 10.6 Å². The number of imide groups is 1. The number of piperazine rings is 1. The third kappa shape index (κ3) is 2.66. The Morgan fingerprint density at radius 1 is 1.35 bits per heavy atom. The lowest BCUT2D eigenvalue weighted by Gasteiger charge is -2.42. The van der Waals surface area contributed by atoms with Crippen molar-refractivity contribution in [3.63, 3.8) is 0 Å². The SMILES string of the molecule is CC1(C)C(=O)NC(=O)CN1CC1CCCCN1. The summed E-state index contributed by atoms with van der Waals surface area (Å²) in [6.07, 6.45) is 3.58. The van der Waals surface area contributed by atoms with Crippen LogP contribution >= 0.6 is 0 Å².